The van der Waals surface area contributed by atoms with Crippen molar-refractivity contribution in [1.82, 2.24) is 15.8 Å². The first-order valence-electron chi connectivity index (χ1n) is 9.91. The lowest BCUT2D eigenvalue weighted by Gasteiger charge is -2.24. The molecule has 3 rings (SSSR count). The summed E-state index contributed by atoms with van der Waals surface area (Å²) in [4.78, 5) is 39.1. The number of nitrogens with one attached hydrogen (secondary N) is 3. The Hall–Kier alpha value is -2.77. The number of amides is 3. The fraction of sp³-hybridized carbons (Fsp3) is 0.318. The number of hydrogen-bond donors (Lipinski definition) is 3. The Bertz CT molecular complexity index is 992. The van der Waals surface area contributed by atoms with Crippen LogP contribution in [0.15, 0.2) is 36.4 Å². The van der Waals surface area contributed by atoms with Crippen molar-refractivity contribution in [3.05, 3.63) is 63.1 Å². The number of carbonyl (C=O) groups is 3. The molecule has 0 bridgehead atoms. The van der Waals surface area contributed by atoms with Gasteiger partial charge in [-0.25, -0.2) is 0 Å². The number of likely N-dealkylation sites (tertiary alicyclic amines) is 1. The van der Waals surface area contributed by atoms with Gasteiger partial charge in [-0.2, -0.15) is 0 Å². The highest BCUT2D eigenvalue weighted by Crippen LogP contribution is 2.24. The summed E-state index contributed by atoms with van der Waals surface area (Å²) >= 11 is 12.0. The third-order valence-corrected chi connectivity index (χ3v) is 5.51. The molecule has 0 radical (unpaired) electrons. The van der Waals surface area contributed by atoms with Crippen LogP contribution in [-0.2, 0) is 9.59 Å². The lowest BCUT2D eigenvalue weighted by atomic mass is 10.1. The molecule has 0 spiro atoms. The number of nitrogens with zero attached hydrogens (tertiary/aromatic N) is 1. The molecule has 1 unspecified atom stereocenters. The largest absolute Gasteiger partial charge is 0.376 e. The van der Waals surface area contributed by atoms with Gasteiger partial charge in [0.25, 0.3) is 17.7 Å². The maximum atomic E-state index is 12.9. The van der Waals surface area contributed by atoms with Crippen molar-refractivity contribution < 1.29 is 14.4 Å². The predicted molar refractivity (Wildman–Crippen MR) is 121 cm³/mol. The van der Waals surface area contributed by atoms with Crippen LogP contribution in [-0.4, -0.2) is 41.8 Å². The van der Waals surface area contributed by atoms with Crippen molar-refractivity contribution in [2.75, 3.05) is 18.4 Å². The van der Waals surface area contributed by atoms with Gasteiger partial charge in [0.2, 0.25) is 0 Å². The summed E-state index contributed by atoms with van der Waals surface area (Å²) in [7, 11) is 0. The Labute approximate surface area is 191 Å². The van der Waals surface area contributed by atoms with Gasteiger partial charge in [-0.3, -0.25) is 25.2 Å². The first-order valence-corrected chi connectivity index (χ1v) is 10.7. The molecule has 1 fully saturated rings. The summed E-state index contributed by atoms with van der Waals surface area (Å²) in [5.74, 6) is -1.17. The topological polar surface area (TPSA) is 90.5 Å². The Kier molecular flexibility index (Phi) is 7.41. The fourth-order valence-electron chi connectivity index (χ4n) is 3.57. The number of hydrogen-bond acceptors (Lipinski definition) is 4. The summed E-state index contributed by atoms with van der Waals surface area (Å²) in [6.45, 7) is 4.38. The quantitative estimate of drug-likeness (QED) is 0.593. The minimum Gasteiger partial charge on any atom is -0.376 e. The number of benzene rings is 2. The molecule has 2 aromatic carbocycles. The van der Waals surface area contributed by atoms with E-state index in [2.05, 4.69) is 16.2 Å². The van der Waals surface area contributed by atoms with Gasteiger partial charge >= 0.3 is 0 Å². The van der Waals surface area contributed by atoms with Crippen molar-refractivity contribution in [2.45, 2.75) is 32.7 Å². The molecule has 1 heterocycles. The van der Waals surface area contributed by atoms with Gasteiger partial charge in [0, 0.05) is 27.8 Å². The number of aryl methyl sites for hydroxylation is 2. The summed E-state index contributed by atoms with van der Waals surface area (Å²) in [6.07, 6.45) is 1.18. The zero-order valence-corrected chi connectivity index (χ0v) is 18.8. The molecule has 1 aliphatic rings. The van der Waals surface area contributed by atoms with E-state index in [1.165, 1.54) is 23.1 Å². The molecule has 0 aliphatic carbocycles. The first-order chi connectivity index (χ1) is 14.7. The van der Waals surface area contributed by atoms with E-state index in [1.54, 1.807) is 0 Å². The third-order valence-electron chi connectivity index (χ3n) is 5.07. The minimum atomic E-state index is -0.683. The molecular formula is C22H24Cl2N4O3. The summed E-state index contributed by atoms with van der Waals surface area (Å²) in [5.41, 5.74) is 8.14. The van der Waals surface area contributed by atoms with Crippen molar-refractivity contribution in [2.24, 2.45) is 0 Å². The lowest BCUT2D eigenvalue weighted by Crippen LogP contribution is -2.52. The molecule has 3 amide bonds. The maximum absolute atomic E-state index is 12.9. The number of halogens is 2. The number of rotatable bonds is 5. The standard InChI is InChI=1S/C22H24Cl2N4O3/c1-13-5-6-18(14(2)8-13)25-12-20(29)26-27-21(30)19-4-3-7-28(19)22(31)15-9-16(23)11-17(24)10-15/h5-6,8-11,19,25H,3-4,7,12H2,1-2H3,(H,26,29)(H,27,30). The smallest absolute Gasteiger partial charge is 0.261 e. The van der Waals surface area contributed by atoms with Crippen LogP contribution in [0.3, 0.4) is 0 Å². The Morgan fingerprint density at radius 1 is 1.03 bits per heavy atom. The molecule has 1 atom stereocenters. The molecule has 1 aliphatic heterocycles. The van der Waals surface area contributed by atoms with Gasteiger partial charge < -0.3 is 10.2 Å². The van der Waals surface area contributed by atoms with Crippen LogP contribution < -0.4 is 16.2 Å². The highest BCUT2D eigenvalue weighted by Gasteiger charge is 2.34. The average molecular weight is 463 g/mol. The Morgan fingerprint density at radius 2 is 1.74 bits per heavy atom. The van der Waals surface area contributed by atoms with E-state index in [4.69, 9.17) is 23.2 Å². The number of hydrazine groups is 1. The van der Waals surface area contributed by atoms with Crippen LogP contribution >= 0.6 is 23.2 Å². The second-order valence-corrected chi connectivity index (χ2v) is 8.40. The van der Waals surface area contributed by atoms with Crippen LogP contribution in [0.1, 0.15) is 34.3 Å². The minimum absolute atomic E-state index is 0.00148. The molecule has 164 valence electrons. The van der Waals surface area contributed by atoms with Gasteiger partial charge in [-0.1, -0.05) is 40.9 Å². The molecule has 7 nitrogen and oxygen atoms in total. The highest BCUT2D eigenvalue weighted by molar-refractivity contribution is 6.35. The SMILES string of the molecule is Cc1ccc(NCC(=O)NNC(=O)C2CCCN2C(=O)c2cc(Cl)cc(Cl)c2)c(C)c1. The van der Waals surface area contributed by atoms with Gasteiger partial charge in [-0.05, 0) is 56.5 Å². The molecule has 31 heavy (non-hydrogen) atoms. The molecule has 9 heteroatoms. The van der Waals surface area contributed by atoms with Crippen molar-refractivity contribution in [3.8, 4) is 0 Å². The second kappa shape index (κ2) is 10.0. The number of anilines is 1. The Morgan fingerprint density at radius 3 is 2.42 bits per heavy atom. The first kappa shape index (κ1) is 22.9. The summed E-state index contributed by atoms with van der Waals surface area (Å²) in [5, 5.41) is 3.73. The van der Waals surface area contributed by atoms with Crippen molar-refractivity contribution >= 4 is 46.6 Å². The summed E-state index contributed by atoms with van der Waals surface area (Å²) < 4.78 is 0. The highest BCUT2D eigenvalue weighted by atomic mass is 35.5. The van der Waals surface area contributed by atoms with Crippen LogP contribution in [0.25, 0.3) is 0 Å². The molecule has 3 N–H and O–H groups in total. The predicted octanol–water partition coefficient (Wildman–Crippen LogP) is 3.47. The lowest BCUT2D eigenvalue weighted by molar-refractivity contribution is -0.130. The van der Waals surface area contributed by atoms with Gasteiger partial charge in [0.05, 0.1) is 6.54 Å². The van der Waals surface area contributed by atoms with E-state index in [0.717, 1.165) is 16.8 Å². The fourth-order valence-corrected chi connectivity index (χ4v) is 4.10. The van der Waals surface area contributed by atoms with Crippen molar-refractivity contribution in [1.29, 1.82) is 0 Å². The molecule has 2 aromatic rings. The van der Waals surface area contributed by atoms with Gasteiger partial charge in [0.1, 0.15) is 6.04 Å². The zero-order valence-electron chi connectivity index (χ0n) is 17.3. The van der Waals surface area contributed by atoms with Crippen LogP contribution in [0.4, 0.5) is 5.69 Å². The van der Waals surface area contributed by atoms with Gasteiger partial charge in [0.15, 0.2) is 0 Å². The number of carbonyl (C=O) groups excluding carboxylic acids is 3. The van der Waals surface area contributed by atoms with E-state index >= 15 is 0 Å². The molecule has 0 saturated carbocycles. The molecule has 0 aromatic heterocycles. The van der Waals surface area contributed by atoms with E-state index in [-0.39, 0.29) is 12.5 Å². The van der Waals surface area contributed by atoms with E-state index in [0.29, 0.717) is 35.0 Å². The zero-order chi connectivity index (χ0) is 22.5. The monoisotopic (exact) mass is 462 g/mol. The van der Waals surface area contributed by atoms with E-state index < -0.39 is 17.9 Å². The normalized spacial score (nSPS) is 15.5. The van der Waals surface area contributed by atoms with Crippen LogP contribution in [0.5, 0.6) is 0 Å². The van der Waals surface area contributed by atoms with Crippen molar-refractivity contribution in [3.63, 3.8) is 0 Å². The summed E-state index contributed by atoms with van der Waals surface area (Å²) in [6, 6.07) is 9.76. The van der Waals surface area contributed by atoms with Crippen LogP contribution in [0, 0.1) is 13.8 Å². The van der Waals surface area contributed by atoms with E-state index in [9.17, 15) is 14.4 Å². The Balaban J connectivity index is 1.54. The second-order valence-electron chi connectivity index (χ2n) is 7.52. The van der Waals surface area contributed by atoms with Gasteiger partial charge in [-0.15, -0.1) is 0 Å². The van der Waals surface area contributed by atoms with E-state index in [1.807, 2.05) is 32.0 Å². The maximum Gasteiger partial charge on any atom is 0.261 e. The van der Waals surface area contributed by atoms with Crippen LogP contribution in [0.2, 0.25) is 10.0 Å². The average Bonchev–Trinajstić information content (AvgIpc) is 3.20. The molecule has 1 saturated heterocycles. The molecular weight excluding hydrogens is 439 g/mol. The third kappa shape index (κ3) is 5.89.